The Balaban J connectivity index is 2.13. The molecule has 7 heteroatoms. The standard InChI is InChI=1S/C18H21NO6/c1-4-5-14(18(22)23)19-17(21)11(3)24-12-6-7-13-10(2)8-16(20)25-15(13)9-12/h6-9,11,14H,4-5H2,1-3H3,(H,19,21)(H,22,23)/p-1/t11-,14+/m1/s1. The third kappa shape index (κ3) is 4.59. The zero-order chi connectivity index (χ0) is 18.6. The molecule has 7 nitrogen and oxygen atoms in total. The summed E-state index contributed by atoms with van der Waals surface area (Å²) in [5.74, 6) is -1.55. The summed E-state index contributed by atoms with van der Waals surface area (Å²) in [6.07, 6.45) is -0.0500. The Morgan fingerprint density at radius 3 is 2.68 bits per heavy atom. The molecule has 0 saturated heterocycles. The van der Waals surface area contributed by atoms with Gasteiger partial charge in [0.1, 0.15) is 11.3 Å². The van der Waals surface area contributed by atoms with Crippen molar-refractivity contribution in [3.8, 4) is 5.75 Å². The molecule has 0 spiro atoms. The monoisotopic (exact) mass is 346 g/mol. The summed E-state index contributed by atoms with van der Waals surface area (Å²) >= 11 is 0. The number of rotatable bonds is 7. The fraction of sp³-hybridized carbons (Fsp3) is 0.389. The van der Waals surface area contributed by atoms with Crippen LogP contribution < -0.4 is 20.8 Å². The van der Waals surface area contributed by atoms with Crippen LogP contribution in [0.1, 0.15) is 32.3 Å². The van der Waals surface area contributed by atoms with Gasteiger partial charge in [0.05, 0.1) is 12.0 Å². The zero-order valence-electron chi connectivity index (χ0n) is 14.3. The Bertz CT molecular complexity index is 841. The van der Waals surface area contributed by atoms with E-state index in [1.807, 2.05) is 6.92 Å². The molecule has 0 aliphatic carbocycles. The first-order valence-electron chi connectivity index (χ1n) is 8.04. The molecule has 0 unspecified atom stereocenters. The Hall–Kier alpha value is -2.83. The SMILES string of the molecule is CCC[C@H](NC(=O)[C@@H](C)Oc1ccc2c(C)cc(=O)oc2c1)C(=O)[O-]. The highest BCUT2D eigenvalue weighted by molar-refractivity contribution is 5.86. The number of amides is 1. The number of carboxylic acids is 1. The second-order valence-electron chi connectivity index (χ2n) is 5.84. The van der Waals surface area contributed by atoms with Crippen molar-refractivity contribution in [3.05, 3.63) is 40.2 Å². The van der Waals surface area contributed by atoms with E-state index in [0.29, 0.717) is 17.8 Å². The van der Waals surface area contributed by atoms with Crippen molar-refractivity contribution in [1.29, 1.82) is 0 Å². The number of carboxylic acid groups (broad SMARTS) is 1. The van der Waals surface area contributed by atoms with Crippen LogP contribution >= 0.6 is 0 Å². The van der Waals surface area contributed by atoms with Crippen LogP contribution in [0.25, 0.3) is 11.0 Å². The van der Waals surface area contributed by atoms with E-state index >= 15 is 0 Å². The smallest absolute Gasteiger partial charge is 0.336 e. The molecule has 0 aliphatic rings. The van der Waals surface area contributed by atoms with Crippen molar-refractivity contribution < 1.29 is 23.8 Å². The number of fused-ring (bicyclic) bond motifs is 1. The lowest BCUT2D eigenvalue weighted by atomic mass is 10.1. The molecule has 1 aromatic carbocycles. The number of ether oxygens (including phenoxy) is 1. The van der Waals surface area contributed by atoms with E-state index in [-0.39, 0.29) is 6.42 Å². The van der Waals surface area contributed by atoms with Gasteiger partial charge in [-0.05, 0) is 38.0 Å². The van der Waals surface area contributed by atoms with Gasteiger partial charge in [0, 0.05) is 17.5 Å². The minimum absolute atomic E-state index is 0.279. The number of aliphatic carboxylic acids is 1. The van der Waals surface area contributed by atoms with Gasteiger partial charge in [0.2, 0.25) is 0 Å². The molecule has 1 amide bonds. The summed E-state index contributed by atoms with van der Waals surface area (Å²) in [7, 11) is 0. The average Bonchev–Trinajstić information content (AvgIpc) is 2.53. The van der Waals surface area contributed by atoms with E-state index in [9.17, 15) is 19.5 Å². The average molecular weight is 346 g/mol. The van der Waals surface area contributed by atoms with Gasteiger partial charge in [0.25, 0.3) is 5.91 Å². The van der Waals surface area contributed by atoms with Crippen molar-refractivity contribution in [2.45, 2.75) is 45.8 Å². The highest BCUT2D eigenvalue weighted by Gasteiger charge is 2.19. The van der Waals surface area contributed by atoms with Gasteiger partial charge in [0.15, 0.2) is 6.10 Å². The summed E-state index contributed by atoms with van der Waals surface area (Å²) in [5, 5.41) is 14.2. The lowest BCUT2D eigenvalue weighted by Crippen LogP contribution is -2.51. The second kappa shape index (κ2) is 7.83. The molecule has 2 aromatic rings. The van der Waals surface area contributed by atoms with Crippen LogP contribution in [-0.2, 0) is 9.59 Å². The molecule has 1 heterocycles. The van der Waals surface area contributed by atoms with Crippen molar-refractivity contribution in [3.63, 3.8) is 0 Å². The molecule has 134 valence electrons. The number of benzene rings is 1. The Morgan fingerprint density at radius 1 is 1.32 bits per heavy atom. The van der Waals surface area contributed by atoms with Crippen molar-refractivity contribution in [2.75, 3.05) is 0 Å². The van der Waals surface area contributed by atoms with Crippen molar-refractivity contribution in [1.82, 2.24) is 5.32 Å². The van der Waals surface area contributed by atoms with Gasteiger partial charge in [-0.3, -0.25) is 4.79 Å². The van der Waals surface area contributed by atoms with E-state index in [2.05, 4.69) is 5.32 Å². The Kier molecular flexibility index (Phi) is 5.80. The quantitative estimate of drug-likeness (QED) is 0.746. The molecule has 2 atom stereocenters. The van der Waals surface area contributed by atoms with Gasteiger partial charge in [-0.2, -0.15) is 0 Å². The first-order valence-corrected chi connectivity index (χ1v) is 8.04. The molecule has 0 radical (unpaired) electrons. The van der Waals surface area contributed by atoms with Crippen molar-refractivity contribution in [2.24, 2.45) is 0 Å². The topological polar surface area (TPSA) is 109 Å². The summed E-state index contributed by atoms with van der Waals surface area (Å²) < 4.78 is 10.7. The van der Waals surface area contributed by atoms with Gasteiger partial charge in [-0.1, -0.05) is 13.3 Å². The van der Waals surface area contributed by atoms with Crippen LogP contribution in [0.15, 0.2) is 33.5 Å². The van der Waals surface area contributed by atoms with Crippen LogP contribution in [0, 0.1) is 6.92 Å². The number of carbonyl (C=O) groups is 2. The molecule has 2 rings (SSSR count). The first-order chi connectivity index (χ1) is 11.8. The Labute approximate surface area is 144 Å². The normalized spacial score (nSPS) is 13.2. The van der Waals surface area contributed by atoms with Crippen molar-refractivity contribution >= 4 is 22.8 Å². The second-order valence-corrected chi connectivity index (χ2v) is 5.84. The lowest BCUT2D eigenvalue weighted by molar-refractivity contribution is -0.308. The van der Waals surface area contributed by atoms with Gasteiger partial charge in [-0.15, -0.1) is 0 Å². The highest BCUT2D eigenvalue weighted by atomic mass is 16.5. The molecular formula is C18H20NO6-. The zero-order valence-corrected chi connectivity index (χ0v) is 14.3. The fourth-order valence-corrected chi connectivity index (χ4v) is 2.46. The van der Waals surface area contributed by atoms with E-state index in [1.165, 1.54) is 19.1 Å². The maximum Gasteiger partial charge on any atom is 0.336 e. The van der Waals surface area contributed by atoms with Crippen LogP contribution in [0.5, 0.6) is 5.75 Å². The molecule has 1 aromatic heterocycles. The predicted molar refractivity (Wildman–Crippen MR) is 89.2 cm³/mol. The predicted octanol–water partition coefficient (Wildman–Crippen LogP) is 0.904. The first kappa shape index (κ1) is 18.5. The molecule has 0 saturated carbocycles. The fourth-order valence-electron chi connectivity index (χ4n) is 2.46. The molecular weight excluding hydrogens is 326 g/mol. The van der Waals surface area contributed by atoms with Gasteiger partial charge >= 0.3 is 5.63 Å². The number of hydrogen-bond acceptors (Lipinski definition) is 6. The van der Waals surface area contributed by atoms with E-state index in [0.717, 1.165) is 10.9 Å². The van der Waals surface area contributed by atoms with Crippen LogP contribution in [0.4, 0.5) is 0 Å². The minimum atomic E-state index is -1.33. The maximum atomic E-state index is 12.1. The third-order valence-electron chi connectivity index (χ3n) is 3.78. The van der Waals surface area contributed by atoms with E-state index in [4.69, 9.17) is 9.15 Å². The summed E-state index contributed by atoms with van der Waals surface area (Å²) in [6, 6.07) is 5.25. The van der Waals surface area contributed by atoms with E-state index in [1.54, 1.807) is 19.1 Å². The largest absolute Gasteiger partial charge is 0.548 e. The van der Waals surface area contributed by atoms with Gasteiger partial charge in [-0.25, -0.2) is 4.79 Å². The highest BCUT2D eigenvalue weighted by Crippen LogP contribution is 2.23. The minimum Gasteiger partial charge on any atom is -0.548 e. The van der Waals surface area contributed by atoms with Crippen LogP contribution in [0.3, 0.4) is 0 Å². The number of aryl methyl sites for hydroxylation is 1. The molecule has 1 N–H and O–H groups in total. The summed E-state index contributed by atoms with van der Waals surface area (Å²) in [4.78, 5) is 34.6. The maximum absolute atomic E-state index is 12.1. The molecule has 0 fully saturated rings. The molecule has 0 bridgehead atoms. The summed E-state index contributed by atoms with van der Waals surface area (Å²) in [6.45, 7) is 5.11. The molecule has 0 aliphatic heterocycles. The van der Waals surface area contributed by atoms with Gasteiger partial charge < -0.3 is 24.4 Å². The van der Waals surface area contributed by atoms with Crippen LogP contribution in [-0.4, -0.2) is 24.0 Å². The lowest BCUT2D eigenvalue weighted by Gasteiger charge is -2.22. The summed E-state index contributed by atoms with van der Waals surface area (Å²) in [5.41, 5.74) is 0.665. The Morgan fingerprint density at radius 2 is 2.04 bits per heavy atom. The number of nitrogens with one attached hydrogen (secondary N) is 1. The molecule has 25 heavy (non-hydrogen) atoms. The third-order valence-corrected chi connectivity index (χ3v) is 3.78. The van der Waals surface area contributed by atoms with Crippen LogP contribution in [0.2, 0.25) is 0 Å². The van der Waals surface area contributed by atoms with E-state index < -0.39 is 29.6 Å². The number of carbonyl (C=O) groups excluding carboxylic acids is 2. The number of hydrogen-bond donors (Lipinski definition) is 1.